The average Bonchev–Trinajstić information content (AvgIpc) is 2.42. The van der Waals surface area contributed by atoms with E-state index in [1.54, 1.807) is 0 Å². The van der Waals surface area contributed by atoms with E-state index in [1.165, 1.54) is 36.8 Å². The van der Waals surface area contributed by atoms with Crippen molar-refractivity contribution in [2.45, 2.75) is 0 Å². The minimum atomic E-state index is -0.289. The molecule has 0 amide bonds. The Hall–Kier alpha value is -2.89. The van der Waals surface area contributed by atoms with Gasteiger partial charge in [-0.15, -0.1) is 0 Å². The molecule has 0 aliphatic carbocycles. The molecule has 2 N–H and O–H groups in total. The van der Waals surface area contributed by atoms with Crippen LogP contribution in [0.25, 0.3) is 22.4 Å². The Bertz CT molecular complexity index is 826. The third kappa shape index (κ3) is 1.89. The molecule has 0 saturated carbocycles. The van der Waals surface area contributed by atoms with Gasteiger partial charge in [0.25, 0.3) is 0 Å². The van der Waals surface area contributed by atoms with Gasteiger partial charge in [-0.1, -0.05) is 0 Å². The van der Waals surface area contributed by atoms with E-state index in [-0.39, 0.29) is 33.8 Å². The van der Waals surface area contributed by atoms with Crippen molar-refractivity contribution in [1.29, 1.82) is 0 Å². The highest BCUT2D eigenvalue weighted by Gasteiger charge is 2.09. The minimum Gasteiger partial charge on any atom is -0.504 e. The number of phenolic OH excluding ortho intramolecular Hbond substituents is 2. The summed E-state index contributed by atoms with van der Waals surface area (Å²) in [6.07, 6.45) is 2.66. The van der Waals surface area contributed by atoms with Crippen molar-refractivity contribution < 1.29 is 14.6 Å². The molecule has 0 atom stereocenters. The fraction of sp³-hybridized carbons (Fsp3) is 0. The maximum atomic E-state index is 11.9. The third-order valence-electron chi connectivity index (χ3n) is 2.67. The molecule has 0 spiro atoms. The lowest BCUT2D eigenvalue weighted by atomic mass is 10.1. The van der Waals surface area contributed by atoms with Crippen LogP contribution in [0.15, 0.2) is 46.0 Å². The van der Waals surface area contributed by atoms with E-state index >= 15 is 0 Å². The summed E-state index contributed by atoms with van der Waals surface area (Å²) in [4.78, 5) is 19.5. The summed E-state index contributed by atoms with van der Waals surface area (Å²) in [6, 6.07) is 5.44. The fourth-order valence-electron chi connectivity index (χ4n) is 1.72. The lowest BCUT2D eigenvalue weighted by Crippen LogP contribution is -2.01. The molecule has 0 bridgehead atoms. The maximum absolute atomic E-state index is 11.9. The van der Waals surface area contributed by atoms with Crippen molar-refractivity contribution in [3.8, 4) is 22.8 Å². The summed E-state index contributed by atoms with van der Waals surface area (Å²) in [6.45, 7) is 0. The minimum absolute atomic E-state index is 0.171. The summed E-state index contributed by atoms with van der Waals surface area (Å²) in [5, 5.41) is 19.0. The van der Waals surface area contributed by atoms with Crippen LogP contribution < -0.4 is 5.43 Å². The molecule has 19 heavy (non-hydrogen) atoms. The average molecular weight is 256 g/mol. The van der Waals surface area contributed by atoms with E-state index < -0.39 is 0 Å². The predicted molar refractivity (Wildman–Crippen MR) is 66.8 cm³/mol. The second kappa shape index (κ2) is 4.09. The van der Waals surface area contributed by atoms with Gasteiger partial charge in [-0.3, -0.25) is 4.79 Å². The molecule has 0 aliphatic heterocycles. The first-order chi connectivity index (χ1) is 9.15. The largest absolute Gasteiger partial charge is 0.504 e. The van der Waals surface area contributed by atoms with Gasteiger partial charge in [0.2, 0.25) is 5.71 Å². The SMILES string of the molecule is O=c1cc(-c2ccc(O)c(O)c2)oc2ncncc12. The van der Waals surface area contributed by atoms with Crippen molar-refractivity contribution in [2.75, 3.05) is 0 Å². The number of aromatic hydroxyl groups is 2. The molecule has 0 unspecified atom stereocenters. The maximum Gasteiger partial charge on any atom is 0.233 e. The number of benzene rings is 1. The first-order valence-corrected chi connectivity index (χ1v) is 5.41. The second-order valence-corrected chi connectivity index (χ2v) is 3.92. The number of hydrogen-bond acceptors (Lipinski definition) is 6. The predicted octanol–water partition coefficient (Wildman–Crippen LogP) is 1.66. The molecular formula is C13H8N2O4. The Morgan fingerprint density at radius 2 is 1.95 bits per heavy atom. The first kappa shape index (κ1) is 11.2. The van der Waals surface area contributed by atoms with Crippen LogP contribution in [0.2, 0.25) is 0 Å². The number of fused-ring (bicyclic) bond motifs is 1. The second-order valence-electron chi connectivity index (χ2n) is 3.92. The van der Waals surface area contributed by atoms with Crippen LogP contribution in [-0.2, 0) is 0 Å². The monoisotopic (exact) mass is 256 g/mol. The summed E-state index contributed by atoms with van der Waals surface area (Å²) < 4.78 is 5.48. The number of nitrogens with zero attached hydrogens (tertiary/aromatic N) is 2. The zero-order chi connectivity index (χ0) is 13.4. The highest BCUT2D eigenvalue weighted by molar-refractivity contribution is 5.74. The van der Waals surface area contributed by atoms with Gasteiger partial charge in [0.05, 0.1) is 0 Å². The molecule has 0 radical (unpaired) electrons. The summed E-state index contributed by atoms with van der Waals surface area (Å²) >= 11 is 0. The molecule has 0 aliphatic rings. The van der Waals surface area contributed by atoms with Gasteiger partial charge in [0.15, 0.2) is 16.9 Å². The summed E-state index contributed by atoms with van der Waals surface area (Å²) in [5.74, 6) is -0.274. The number of hydrogen-bond donors (Lipinski definition) is 2. The lowest BCUT2D eigenvalue weighted by Gasteiger charge is -2.03. The number of aromatic nitrogens is 2. The van der Waals surface area contributed by atoms with Crippen LogP contribution >= 0.6 is 0 Å². The fourth-order valence-corrected chi connectivity index (χ4v) is 1.72. The molecule has 2 heterocycles. The van der Waals surface area contributed by atoms with Gasteiger partial charge < -0.3 is 14.6 Å². The van der Waals surface area contributed by atoms with E-state index in [2.05, 4.69) is 9.97 Å². The molecular weight excluding hydrogens is 248 g/mol. The Morgan fingerprint density at radius 1 is 1.11 bits per heavy atom. The van der Waals surface area contributed by atoms with E-state index in [1.807, 2.05) is 0 Å². The number of rotatable bonds is 1. The smallest absolute Gasteiger partial charge is 0.233 e. The van der Waals surface area contributed by atoms with Gasteiger partial charge in [-0.05, 0) is 18.2 Å². The molecule has 6 heteroatoms. The molecule has 3 rings (SSSR count). The van der Waals surface area contributed by atoms with Crippen LogP contribution in [0.3, 0.4) is 0 Å². The topological polar surface area (TPSA) is 96.5 Å². The van der Waals surface area contributed by atoms with Crippen molar-refractivity contribution in [3.63, 3.8) is 0 Å². The van der Waals surface area contributed by atoms with E-state index in [9.17, 15) is 15.0 Å². The molecule has 0 fully saturated rings. The molecule has 2 aromatic heterocycles. The van der Waals surface area contributed by atoms with Crippen LogP contribution in [0.5, 0.6) is 11.5 Å². The quantitative estimate of drug-likeness (QED) is 0.643. The van der Waals surface area contributed by atoms with E-state index in [0.717, 1.165) is 0 Å². The Labute approximate surface area is 106 Å². The summed E-state index contributed by atoms with van der Waals surface area (Å²) in [5.41, 5.74) is 0.363. The first-order valence-electron chi connectivity index (χ1n) is 5.41. The Morgan fingerprint density at radius 3 is 2.74 bits per heavy atom. The normalized spacial score (nSPS) is 10.7. The van der Waals surface area contributed by atoms with Crippen molar-refractivity contribution in [2.24, 2.45) is 0 Å². The molecule has 94 valence electrons. The van der Waals surface area contributed by atoms with Gasteiger partial charge in [0.1, 0.15) is 17.5 Å². The zero-order valence-electron chi connectivity index (χ0n) is 9.57. The zero-order valence-corrected chi connectivity index (χ0v) is 9.57. The molecule has 6 nitrogen and oxygen atoms in total. The lowest BCUT2D eigenvalue weighted by molar-refractivity contribution is 0.404. The van der Waals surface area contributed by atoms with Gasteiger partial charge >= 0.3 is 0 Å². The highest BCUT2D eigenvalue weighted by atomic mass is 16.3. The standard InChI is InChI=1S/C13H8N2O4/c16-9-2-1-7(3-11(9)18)12-4-10(17)8-5-14-6-15-13(8)19-12/h1-6,16,18H. The van der Waals surface area contributed by atoms with Crippen LogP contribution in [0, 0.1) is 0 Å². The number of phenols is 2. The van der Waals surface area contributed by atoms with Crippen LogP contribution in [0.1, 0.15) is 0 Å². The summed E-state index contributed by atoms with van der Waals surface area (Å²) in [7, 11) is 0. The van der Waals surface area contributed by atoms with Crippen LogP contribution in [0.4, 0.5) is 0 Å². The van der Waals surface area contributed by atoms with Crippen molar-refractivity contribution in [1.82, 2.24) is 9.97 Å². The Balaban J connectivity index is 2.25. The van der Waals surface area contributed by atoms with E-state index in [4.69, 9.17) is 4.42 Å². The van der Waals surface area contributed by atoms with Gasteiger partial charge in [0, 0.05) is 17.8 Å². The molecule has 1 aromatic carbocycles. The Kier molecular flexibility index (Phi) is 2.42. The molecule has 0 saturated heterocycles. The van der Waals surface area contributed by atoms with E-state index in [0.29, 0.717) is 5.56 Å². The van der Waals surface area contributed by atoms with Crippen LogP contribution in [-0.4, -0.2) is 20.2 Å². The van der Waals surface area contributed by atoms with Gasteiger partial charge in [-0.2, -0.15) is 0 Å². The molecule has 3 aromatic rings. The van der Waals surface area contributed by atoms with Gasteiger partial charge in [-0.25, -0.2) is 9.97 Å². The highest BCUT2D eigenvalue weighted by Crippen LogP contribution is 2.30. The van der Waals surface area contributed by atoms with Crippen molar-refractivity contribution >= 4 is 11.1 Å². The third-order valence-corrected chi connectivity index (χ3v) is 2.67. The van der Waals surface area contributed by atoms with Crippen molar-refractivity contribution in [3.05, 3.63) is 47.0 Å².